The Hall–Kier alpha value is -2.64. The first-order valence-electron chi connectivity index (χ1n) is 31.0. The van der Waals surface area contributed by atoms with Gasteiger partial charge in [0.05, 0.1) is 32.0 Å². The number of amides is 1. The minimum Gasteiger partial charge on any atom is -0.466 e. The maximum absolute atomic E-state index is 13.0. The van der Waals surface area contributed by atoms with Crippen LogP contribution in [0.15, 0.2) is 60.8 Å². The molecule has 1 rings (SSSR count). The standard InChI is InChI=1S/C64H115NO10/c1-3-5-7-9-11-13-14-15-25-29-32-36-40-44-48-52-60(69)73-53-49-45-41-37-33-30-27-24-22-20-18-16-17-19-21-23-26-28-31-35-39-43-47-51-59(68)65-56(57(67)50-46-42-38-34-12-10-8-6-4-2)55-74-64-63(72)62(71)61(70)58(54-66)75-64/h4,6,12,16,18-19,21,34,46,50,56-58,61-64,66-67,70-72H,3,5,7-11,13-15,17,20,22-33,35-45,47-49,51-55H2,1-2H3,(H,65,68)/b6-4+,18-16-,21-19-,34-12+,50-46+. The van der Waals surface area contributed by atoms with Crippen molar-refractivity contribution in [2.75, 3.05) is 19.8 Å². The molecule has 0 aromatic carbocycles. The molecule has 0 aromatic heterocycles. The van der Waals surface area contributed by atoms with E-state index in [0.717, 1.165) is 89.9 Å². The number of esters is 1. The lowest BCUT2D eigenvalue weighted by molar-refractivity contribution is -0.302. The summed E-state index contributed by atoms with van der Waals surface area (Å²) >= 11 is 0. The summed E-state index contributed by atoms with van der Waals surface area (Å²) in [6.45, 7) is 4.08. The zero-order valence-electron chi connectivity index (χ0n) is 48.0. The summed E-state index contributed by atoms with van der Waals surface area (Å²) in [6.07, 6.45) is 59.3. The van der Waals surface area contributed by atoms with E-state index >= 15 is 0 Å². The van der Waals surface area contributed by atoms with E-state index in [9.17, 15) is 35.1 Å². The molecule has 436 valence electrons. The first-order valence-corrected chi connectivity index (χ1v) is 31.0. The van der Waals surface area contributed by atoms with Crippen LogP contribution < -0.4 is 5.32 Å². The largest absolute Gasteiger partial charge is 0.466 e. The molecule has 1 fully saturated rings. The summed E-state index contributed by atoms with van der Waals surface area (Å²) in [4.78, 5) is 25.0. The Labute approximate surface area is 458 Å². The lowest BCUT2D eigenvalue weighted by atomic mass is 9.99. The van der Waals surface area contributed by atoms with Gasteiger partial charge in [-0.3, -0.25) is 9.59 Å². The van der Waals surface area contributed by atoms with Gasteiger partial charge in [-0.05, 0) is 84.0 Å². The van der Waals surface area contributed by atoms with Crippen molar-refractivity contribution in [3.05, 3.63) is 60.8 Å². The number of aliphatic hydroxyl groups is 5. The molecule has 1 aliphatic rings. The van der Waals surface area contributed by atoms with E-state index < -0.39 is 49.5 Å². The van der Waals surface area contributed by atoms with Crippen molar-refractivity contribution in [3.8, 4) is 0 Å². The lowest BCUT2D eigenvalue weighted by Gasteiger charge is -2.40. The van der Waals surface area contributed by atoms with E-state index in [1.165, 1.54) is 148 Å². The molecule has 1 heterocycles. The van der Waals surface area contributed by atoms with Crippen LogP contribution in [-0.2, 0) is 23.8 Å². The second-order valence-corrected chi connectivity index (χ2v) is 21.4. The van der Waals surface area contributed by atoms with Crippen LogP contribution in [0.1, 0.15) is 271 Å². The van der Waals surface area contributed by atoms with Crippen LogP contribution >= 0.6 is 0 Å². The molecule has 7 atom stereocenters. The topological polar surface area (TPSA) is 175 Å². The lowest BCUT2D eigenvalue weighted by Crippen LogP contribution is -2.60. The molecule has 0 saturated carbocycles. The van der Waals surface area contributed by atoms with Crippen LogP contribution in [-0.4, -0.2) is 100 Å². The number of unbranched alkanes of at least 4 members (excludes halogenated alkanes) is 32. The molecule has 1 saturated heterocycles. The molecule has 11 nitrogen and oxygen atoms in total. The molecule has 0 aliphatic carbocycles. The Kier molecular flexibility index (Phi) is 50.1. The molecule has 0 aromatic rings. The number of carbonyl (C=O) groups excluding carboxylic acids is 2. The minimum atomic E-state index is -1.58. The van der Waals surface area contributed by atoms with Gasteiger partial charge in [-0.1, -0.05) is 235 Å². The quantitative estimate of drug-likeness (QED) is 0.0195. The van der Waals surface area contributed by atoms with Crippen molar-refractivity contribution in [2.24, 2.45) is 0 Å². The fourth-order valence-electron chi connectivity index (χ4n) is 9.50. The number of nitrogens with one attached hydrogen (secondary N) is 1. The Bertz CT molecular complexity index is 1430. The normalized spacial score (nSPS) is 19.2. The fraction of sp³-hybridized carbons (Fsp3) is 0.812. The van der Waals surface area contributed by atoms with Gasteiger partial charge in [0.15, 0.2) is 6.29 Å². The van der Waals surface area contributed by atoms with Crippen molar-refractivity contribution in [1.82, 2.24) is 5.32 Å². The van der Waals surface area contributed by atoms with Crippen LogP contribution in [0.4, 0.5) is 0 Å². The summed E-state index contributed by atoms with van der Waals surface area (Å²) in [5, 5.41) is 54.1. The fourth-order valence-corrected chi connectivity index (χ4v) is 9.50. The van der Waals surface area contributed by atoms with E-state index in [2.05, 4.69) is 54.8 Å². The predicted molar refractivity (Wildman–Crippen MR) is 310 cm³/mol. The average Bonchev–Trinajstić information content (AvgIpc) is 3.41. The highest BCUT2D eigenvalue weighted by atomic mass is 16.7. The van der Waals surface area contributed by atoms with Gasteiger partial charge >= 0.3 is 5.97 Å². The average molecular weight is 1060 g/mol. The first kappa shape index (κ1) is 70.4. The summed E-state index contributed by atoms with van der Waals surface area (Å²) < 4.78 is 16.7. The Morgan fingerprint density at radius 1 is 0.520 bits per heavy atom. The van der Waals surface area contributed by atoms with Gasteiger partial charge in [-0.2, -0.15) is 0 Å². The molecule has 11 heteroatoms. The summed E-state index contributed by atoms with van der Waals surface area (Å²) in [5.74, 6) is -0.214. The molecule has 7 unspecified atom stereocenters. The van der Waals surface area contributed by atoms with Gasteiger partial charge in [0.25, 0.3) is 0 Å². The minimum absolute atomic E-state index is 0.00331. The third kappa shape index (κ3) is 43.0. The van der Waals surface area contributed by atoms with Gasteiger partial charge < -0.3 is 45.1 Å². The van der Waals surface area contributed by atoms with Crippen molar-refractivity contribution < 1.29 is 49.3 Å². The van der Waals surface area contributed by atoms with Gasteiger partial charge in [-0.25, -0.2) is 0 Å². The highest BCUT2D eigenvalue weighted by molar-refractivity contribution is 5.76. The molecule has 6 N–H and O–H groups in total. The second-order valence-electron chi connectivity index (χ2n) is 21.4. The van der Waals surface area contributed by atoms with Crippen LogP contribution in [0.3, 0.4) is 0 Å². The monoisotopic (exact) mass is 1060 g/mol. The maximum atomic E-state index is 13.0. The van der Waals surface area contributed by atoms with Gasteiger partial charge in [-0.15, -0.1) is 0 Å². The zero-order valence-corrected chi connectivity index (χ0v) is 48.0. The van der Waals surface area contributed by atoms with E-state index in [-0.39, 0.29) is 18.5 Å². The van der Waals surface area contributed by atoms with Gasteiger partial charge in [0.1, 0.15) is 24.4 Å². The third-order valence-corrected chi connectivity index (χ3v) is 14.4. The summed E-state index contributed by atoms with van der Waals surface area (Å²) in [5.41, 5.74) is 0. The van der Waals surface area contributed by atoms with E-state index in [1.807, 2.05) is 19.1 Å². The Morgan fingerprint density at radius 2 is 0.960 bits per heavy atom. The van der Waals surface area contributed by atoms with Crippen LogP contribution in [0.5, 0.6) is 0 Å². The molecular weight excluding hydrogens is 943 g/mol. The first-order chi connectivity index (χ1) is 36.7. The molecule has 75 heavy (non-hydrogen) atoms. The molecule has 1 aliphatic heterocycles. The van der Waals surface area contributed by atoms with Crippen LogP contribution in [0.25, 0.3) is 0 Å². The van der Waals surface area contributed by atoms with Gasteiger partial charge in [0.2, 0.25) is 5.91 Å². The predicted octanol–water partition coefficient (Wildman–Crippen LogP) is 14.6. The zero-order chi connectivity index (χ0) is 54.5. The highest BCUT2D eigenvalue weighted by Gasteiger charge is 2.44. The summed E-state index contributed by atoms with van der Waals surface area (Å²) in [7, 11) is 0. The van der Waals surface area contributed by atoms with E-state index in [1.54, 1.807) is 6.08 Å². The number of ether oxygens (including phenoxy) is 3. The highest BCUT2D eigenvalue weighted by Crippen LogP contribution is 2.23. The number of hydrogen-bond acceptors (Lipinski definition) is 10. The number of rotatable bonds is 53. The molecule has 1 amide bonds. The number of carbonyl (C=O) groups is 2. The molecular formula is C64H115NO10. The van der Waals surface area contributed by atoms with Crippen molar-refractivity contribution in [3.63, 3.8) is 0 Å². The SMILES string of the molecule is C/C=C/CC/C=C/CC/C=C/C(O)C(COC1OC(CO)C(O)C(O)C1O)NC(=O)CCCCCCCCC/C=C\C/C=C\CCCCCCCCCCCOC(=O)CCCCCCCCCCCCCCCCC. The number of hydrogen-bond donors (Lipinski definition) is 6. The number of allylic oxidation sites excluding steroid dienone is 9. The maximum Gasteiger partial charge on any atom is 0.305 e. The smallest absolute Gasteiger partial charge is 0.305 e. The molecule has 0 radical (unpaired) electrons. The molecule has 0 bridgehead atoms. The van der Waals surface area contributed by atoms with E-state index in [0.29, 0.717) is 25.9 Å². The van der Waals surface area contributed by atoms with Crippen molar-refractivity contribution in [2.45, 2.75) is 314 Å². The third-order valence-electron chi connectivity index (χ3n) is 14.4. The Morgan fingerprint density at radius 3 is 1.47 bits per heavy atom. The van der Waals surface area contributed by atoms with Crippen LogP contribution in [0.2, 0.25) is 0 Å². The van der Waals surface area contributed by atoms with Crippen molar-refractivity contribution >= 4 is 11.9 Å². The van der Waals surface area contributed by atoms with Crippen LogP contribution in [0, 0.1) is 0 Å². The van der Waals surface area contributed by atoms with Crippen molar-refractivity contribution in [1.29, 1.82) is 0 Å². The van der Waals surface area contributed by atoms with Gasteiger partial charge in [0, 0.05) is 12.8 Å². The number of aliphatic hydroxyl groups excluding tert-OH is 5. The summed E-state index contributed by atoms with van der Waals surface area (Å²) in [6, 6.07) is -0.842. The molecule has 0 spiro atoms. The second kappa shape index (κ2) is 53.4. The Balaban J connectivity index is 2.01. The van der Waals surface area contributed by atoms with E-state index in [4.69, 9.17) is 14.2 Å².